The van der Waals surface area contributed by atoms with Crippen LogP contribution in [0.2, 0.25) is 5.02 Å². The zero-order chi connectivity index (χ0) is 22.9. The third kappa shape index (κ3) is 4.51. The Morgan fingerprint density at radius 1 is 1.09 bits per heavy atom. The number of nitrogens with zero attached hydrogens (tertiary/aromatic N) is 2. The van der Waals surface area contributed by atoms with Gasteiger partial charge in [0.15, 0.2) is 0 Å². The van der Waals surface area contributed by atoms with Crippen molar-refractivity contribution in [2.45, 2.75) is 19.5 Å². The summed E-state index contributed by atoms with van der Waals surface area (Å²) in [5.41, 5.74) is 3.21. The Morgan fingerprint density at radius 3 is 2.53 bits per heavy atom. The second-order valence-corrected chi connectivity index (χ2v) is 7.45. The van der Waals surface area contributed by atoms with Gasteiger partial charge in [0.25, 0.3) is 0 Å². The summed E-state index contributed by atoms with van der Waals surface area (Å²) in [6.45, 7) is 0.0160. The maximum absolute atomic E-state index is 12.8. The van der Waals surface area contributed by atoms with E-state index < -0.39 is 6.36 Å². The Kier molecular flexibility index (Phi) is 5.99. The first-order chi connectivity index (χ1) is 15.3. The first-order valence-corrected chi connectivity index (χ1v) is 9.93. The van der Waals surface area contributed by atoms with Crippen molar-refractivity contribution in [2.24, 2.45) is 0 Å². The molecule has 0 spiro atoms. The van der Waals surface area contributed by atoms with E-state index in [1.54, 1.807) is 36.5 Å². The minimum absolute atomic E-state index is 0.341. The molecule has 4 aromatic rings. The van der Waals surface area contributed by atoms with Gasteiger partial charge in [-0.15, -0.1) is 13.2 Å². The van der Waals surface area contributed by atoms with E-state index in [-0.39, 0.29) is 12.4 Å². The number of halogens is 4. The number of aromatic nitrogens is 2. The average molecular weight is 463 g/mol. The number of pyridine rings is 1. The number of fused-ring (bicyclic) bond motifs is 1. The van der Waals surface area contributed by atoms with E-state index in [1.807, 2.05) is 16.7 Å². The molecule has 4 rings (SSSR count). The summed E-state index contributed by atoms with van der Waals surface area (Å²) in [6.07, 6.45) is -3.27. The second-order valence-electron chi connectivity index (χ2n) is 7.01. The summed E-state index contributed by atoms with van der Waals surface area (Å²) in [4.78, 5) is 4.20. The predicted octanol–water partition coefficient (Wildman–Crippen LogP) is 5.80. The quantitative estimate of drug-likeness (QED) is 0.393. The van der Waals surface area contributed by atoms with Crippen molar-refractivity contribution in [1.29, 1.82) is 0 Å². The molecule has 0 aliphatic rings. The Balaban J connectivity index is 1.93. The third-order valence-corrected chi connectivity index (χ3v) is 5.22. The molecular formula is C23H18ClF3N2O3. The van der Waals surface area contributed by atoms with E-state index in [0.29, 0.717) is 45.2 Å². The molecule has 0 atom stereocenters. The van der Waals surface area contributed by atoms with Gasteiger partial charge in [-0.3, -0.25) is 0 Å². The Labute approximate surface area is 186 Å². The highest BCUT2D eigenvalue weighted by Crippen LogP contribution is 2.38. The predicted molar refractivity (Wildman–Crippen MR) is 115 cm³/mol. The first kappa shape index (κ1) is 22.0. The van der Waals surface area contributed by atoms with Gasteiger partial charge in [-0.05, 0) is 42.0 Å². The van der Waals surface area contributed by atoms with Crippen LogP contribution in [0.4, 0.5) is 13.2 Å². The number of rotatable bonds is 6. The van der Waals surface area contributed by atoms with E-state index in [9.17, 15) is 18.3 Å². The molecule has 2 aromatic carbocycles. The first-order valence-electron chi connectivity index (χ1n) is 9.55. The fourth-order valence-electron chi connectivity index (χ4n) is 3.72. The van der Waals surface area contributed by atoms with Gasteiger partial charge in [0.1, 0.15) is 5.75 Å². The van der Waals surface area contributed by atoms with Gasteiger partial charge in [0, 0.05) is 45.9 Å². The van der Waals surface area contributed by atoms with Gasteiger partial charge >= 0.3 is 6.36 Å². The molecule has 166 valence electrons. The largest absolute Gasteiger partial charge is 0.573 e. The van der Waals surface area contributed by atoms with E-state index in [4.69, 9.17) is 16.3 Å². The minimum Gasteiger partial charge on any atom is -0.481 e. The lowest BCUT2D eigenvalue weighted by Gasteiger charge is -2.11. The van der Waals surface area contributed by atoms with Crippen molar-refractivity contribution in [3.8, 4) is 22.8 Å². The van der Waals surface area contributed by atoms with Crippen LogP contribution in [0.15, 0.2) is 60.8 Å². The number of aliphatic hydroxyl groups is 1. The number of hydrogen-bond acceptors (Lipinski definition) is 4. The summed E-state index contributed by atoms with van der Waals surface area (Å²) in [5.74, 6) is 0.0418. The van der Waals surface area contributed by atoms with Crippen LogP contribution >= 0.6 is 11.6 Å². The summed E-state index contributed by atoms with van der Waals surface area (Å²) in [5, 5.41) is 11.3. The maximum Gasteiger partial charge on any atom is 0.573 e. The summed E-state index contributed by atoms with van der Waals surface area (Å²) < 4.78 is 49.5. The minimum atomic E-state index is -4.82. The molecule has 0 amide bonds. The Bertz CT molecular complexity index is 1250. The highest BCUT2D eigenvalue weighted by molar-refractivity contribution is 6.30. The zero-order valence-corrected chi connectivity index (χ0v) is 17.6. The van der Waals surface area contributed by atoms with E-state index >= 15 is 0 Å². The van der Waals surface area contributed by atoms with Gasteiger partial charge in [0.05, 0.1) is 19.4 Å². The highest BCUT2D eigenvalue weighted by atomic mass is 35.5. The van der Waals surface area contributed by atoms with Crippen molar-refractivity contribution in [2.75, 3.05) is 7.11 Å². The summed E-state index contributed by atoms with van der Waals surface area (Å²) >= 11 is 6.11. The molecule has 0 saturated carbocycles. The zero-order valence-electron chi connectivity index (χ0n) is 16.9. The fourth-order valence-corrected chi connectivity index (χ4v) is 3.93. The fraction of sp³-hybridized carbons (Fsp3) is 0.174. The number of alkyl halides is 3. The van der Waals surface area contributed by atoms with Crippen LogP contribution in [0.5, 0.6) is 11.6 Å². The molecule has 32 heavy (non-hydrogen) atoms. The van der Waals surface area contributed by atoms with Crippen molar-refractivity contribution in [3.05, 3.63) is 77.1 Å². The van der Waals surface area contributed by atoms with Crippen LogP contribution < -0.4 is 9.47 Å². The number of ether oxygens (including phenoxy) is 2. The number of methoxy groups -OCH3 is 1. The normalized spacial score (nSPS) is 11.7. The maximum atomic E-state index is 12.8. The lowest BCUT2D eigenvalue weighted by molar-refractivity contribution is -0.274. The van der Waals surface area contributed by atoms with Crippen LogP contribution in [0.1, 0.15) is 11.3 Å². The highest BCUT2D eigenvalue weighted by Gasteiger charge is 2.31. The SMILES string of the molecule is COc1ccc(-c2c(CO)n(Cc3cccc(Cl)c3)c3ccc(OC(F)(F)F)cc23)cn1. The van der Waals surface area contributed by atoms with Gasteiger partial charge in [-0.1, -0.05) is 23.7 Å². The van der Waals surface area contributed by atoms with E-state index in [0.717, 1.165) is 5.56 Å². The van der Waals surface area contributed by atoms with Crippen molar-refractivity contribution < 1.29 is 27.8 Å². The molecular weight excluding hydrogens is 445 g/mol. The van der Waals surface area contributed by atoms with Crippen molar-refractivity contribution >= 4 is 22.5 Å². The lowest BCUT2D eigenvalue weighted by Crippen LogP contribution is -2.17. The molecule has 0 unspecified atom stereocenters. The Hall–Kier alpha value is -3.23. The van der Waals surface area contributed by atoms with E-state index in [1.165, 1.54) is 19.2 Å². The monoisotopic (exact) mass is 462 g/mol. The van der Waals surface area contributed by atoms with Gasteiger partial charge in [-0.25, -0.2) is 4.98 Å². The van der Waals surface area contributed by atoms with Gasteiger partial charge in [0.2, 0.25) is 5.88 Å². The van der Waals surface area contributed by atoms with Gasteiger partial charge < -0.3 is 19.1 Å². The summed E-state index contributed by atoms with van der Waals surface area (Å²) in [6, 6.07) is 14.7. The molecule has 0 saturated heterocycles. The molecule has 1 N–H and O–H groups in total. The van der Waals surface area contributed by atoms with Crippen LogP contribution in [-0.4, -0.2) is 28.1 Å². The van der Waals surface area contributed by atoms with Gasteiger partial charge in [-0.2, -0.15) is 0 Å². The molecule has 0 aliphatic heterocycles. The number of aliphatic hydroxyl groups excluding tert-OH is 1. The molecule has 2 heterocycles. The number of benzene rings is 2. The molecule has 0 fully saturated rings. The summed E-state index contributed by atoms with van der Waals surface area (Å²) in [7, 11) is 1.48. The second kappa shape index (κ2) is 8.72. The molecule has 2 aromatic heterocycles. The average Bonchev–Trinajstić information content (AvgIpc) is 3.05. The van der Waals surface area contributed by atoms with Crippen molar-refractivity contribution in [1.82, 2.24) is 9.55 Å². The van der Waals surface area contributed by atoms with Crippen molar-refractivity contribution in [3.63, 3.8) is 0 Å². The third-order valence-electron chi connectivity index (χ3n) is 4.99. The molecule has 0 aliphatic carbocycles. The van der Waals surface area contributed by atoms with Crippen LogP contribution in [0.25, 0.3) is 22.0 Å². The van der Waals surface area contributed by atoms with Crippen LogP contribution in [-0.2, 0) is 13.2 Å². The smallest absolute Gasteiger partial charge is 0.481 e. The number of hydrogen-bond donors (Lipinski definition) is 1. The Morgan fingerprint density at radius 2 is 1.91 bits per heavy atom. The molecule has 5 nitrogen and oxygen atoms in total. The lowest BCUT2D eigenvalue weighted by atomic mass is 10.0. The standard InChI is InChI=1S/C23H18ClF3N2O3/c1-31-21-8-5-15(11-28-21)22-18-10-17(32-23(25,26)27)6-7-19(18)29(20(22)13-30)12-14-3-2-4-16(24)9-14/h2-11,30H,12-13H2,1H3. The van der Waals surface area contributed by atoms with E-state index in [2.05, 4.69) is 9.72 Å². The van der Waals surface area contributed by atoms with Crippen LogP contribution in [0, 0.1) is 0 Å². The topological polar surface area (TPSA) is 56.5 Å². The van der Waals surface area contributed by atoms with Crippen LogP contribution in [0.3, 0.4) is 0 Å². The molecule has 9 heteroatoms. The molecule has 0 bridgehead atoms. The molecule has 0 radical (unpaired) electrons.